The second-order valence-electron chi connectivity index (χ2n) is 5.79. The van der Waals surface area contributed by atoms with Gasteiger partial charge in [0, 0.05) is 5.41 Å². The molecule has 4 fully saturated rings. The van der Waals surface area contributed by atoms with E-state index in [1.54, 1.807) is 0 Å². The van der Waals surface area contributed by atoms with E-state index < -0.39 is 0 Å². The molecule has 4 aliphatic carbocycles. The number of aliphatic hydroxyl groups excluding tert-OH is 1. The van der Waals surface area contributed by atoms with Gasteiger partial charge in [-0.25, -0.2) is 4.79 Å². The van der Waals surface area contributed by atoms with Crippen LogP contribution in [0.2, 0.25) is 0 Å². The van der Waals surface area contributed by atoms with Gasteiger partial charge in [0.1, 0.15) is 6.61 Å². The molecule has 3 heteroatoms. The predicted octanol–water partition coefficient (Wildman–Crippen LogP) is 1.26. The van der Waals surface area contributed by atoms with Gasteiger partial charge in [-0.1, -0.05) is 0 Å². The van der Waals surface area contributed by atoms with Gasteiger partial charge in [0.2, 0.25) is 0 Å². The van der Waals surface area contributed by atoms with Gasteiger partial charge in [-0.2, -0.15) is 0 Å². The predicted molar refractivity (Wildman–Crippen MR) is 53.6 cm³/mol. The third-order valence-electron chi connectivity index (χ3n) is 4.82. The maximum absolute atomic E-state index is 10.3. The molecule has 4 saturated carbocycles. The normalized spacial score (nSPS) is 51.8. The molecule has 4 aliphatic rings. The molecule has 0 aliphatic heterocycles. The van der Waals surface area contributed by atoms with Crippen LogP contribution in [-0.2, 0) is 9.53 Å². The third-order valence-corrected chi connectivity index (χ3v) is 4.82. The lowest BCUT2D eigenvalue weighted by molar-refractivity contribution is -0.169. The van der Waals surface area contributed by atoms with E-state index in [2.05, 4.69) is 0 Å². The molecule has 15 heavy (non-hydrogen) atoms. The molecule has 4 bridgehead atoms. The number of hydrogen-bond acceptors (Lipinski definition) is 3. The molecular formula is C12H17O3. The van der Waals surface area contributed by atoms with E-state index in [-0.39, 0.29) is 11.5 Å². The molecule has 0 aromatic heterocycles. The van der Waals surface area contributed by atoms with Crippen LogP contribution in [0.4, 0.5) is 0 Å². The molecule has 0 saturated heterocycles. The Morgan fingerprint density at radius 1 is 1.27 bits per heavy atom. The van der Waals surface area contributed by atoms with Crippen LogP contribution in [0.15, 0.2) is 0 Å². The number of aliphatic hydroxyl groups is 1. The molecule has 83 valence electrons. The van der Waals surface area contributed by atoms with Crippen LogP contribution in [0.25, 0.3) is 0 Å². The zero-order valence-electron chi connectivity index (χ0n) is 8.82. The van der Waals surface area contributed by atoms with Crippen LogP contribution in [0.5, 0.6) is 0 Å². The Kier molecular flexibility index (Phi) is 2.06. The summed E-state index contributed by atoms with van der Waals surface area (Å²) in [4.78, 5) is 10.2. The first-order valence-corrected chi connectivity index (χ1v) is 5.90. The lowest BCUT2D eigenvalue weighted by atomic mass is 9.48. The molecule has 0 aromatic carbocycles. The van der Waals surface area contributed by atoms with Crippen LogP contribution >= 0.6 is 0 Å². The van der Waals surface area contributed by atoms with Gasteiger partial charge < -0.3 is 9.84 Å². The Labute approximate surface area is 89.8 Å². The minimum Gasteiger partial charge on any atom is -0.457 e. The van der Waals surface area contributed by atoms with E-state index in [0.29, 0.717) is 12.5 Å². The van der Waals surface area contributed by atoms with E-state index in [4.69, 9.17) is 4.74 Å². The Morgan fingerprint density at radius 3 is 2.53 bits per heavy atom. The fraction of sp³-hybridized carbons (Fsp3) is 0.917. The average Bonchev–Trinajstić information content (AvgIpc) is 2.22. The summed E-state index contributed by atoms with van der Waals surface area (Å²) in [5, 5.41) is 10.3. The first-order chi connectivity index (χ1) is 7.23. The van der Waals surface area contributed by atoms with E-state index in [1.807, 2.05) is 0 Å². The molecule has 0 heterocycles. The summed E-state index contributed by atoms with van der Waals surface area (Å²) < 4.78 is 4.82. The van der Waals surface area contributed by atoms with Crippen molar-refractivity contribution in [2.75, 3.05) is 6.61 Å². The highest BCUT2D eigenvalue weighted by Crippen LogP contribution is 2.59. The Morgan fingerprint density at radius 2 is 1.93 bits per heavy atom. The van der Waals surface area contributed by atoms with Gasteiger partial charge in [0.15, 0.2) is 0 Å². The topological polar surface area (TPSA) is 46.5 Å². The van der Waals surface area contributed by atoms with E-state index in [9.17, 15) is 9.90 Å². The summed E-state index contributed by atoms with van der Waals surface area (Å²) in [6, 6.07) is 0. The van der Waals surface area contributed by atoms with Crippen molar-refractivity contribution < 1.29 is 14.6 Å². The molecule has 1 N–H and O–H groups in total. The number of hydrogen-bond donors (Lipinski definition) is 1. The summed E-state index contributed by atoms with van der Waals surface area (Å²) in [5.41, 5.74) is -0.119. The first kappa shape index (κ1) is 9.64. The molecule has 1 radical (unpaired) electrons. The summed E-state index contributed by atoms with van der Waals surface area (Å²) in [6.45, 7) is 1.88. The van der Waals surface area contributed by atoms with Crippen molar-refractivity contribution in [1.82, 2.24) is 0 Å². The Balaban J connectivity index is 1.84. The summed E-state index contributed by atoms with van der Waals surface area (Å²) >= 11 is 0. The second kappa shape index (κ2) is 3.21. The monoisotopic (exact) mass is 209 g/mol. The van der Waals surface area contributed by atoms with Crippen LogP contribution in [-0.4, -0.2) is 24.3 Å². The molecule has 3 atom stereocenters. The second-order valence-corrected chi connectivity index (χ2v) is 5.79. The van der Waals surface area contributed by atoms with Gasteiger partial charge in [-0.05, 0) is 49.9 Å². The highest BCUT2D eigenvalue weighted by Gasteiger charge is 2.57. The van der Waals surface area contributed by atoms with Crippen LogP contribution in [0.3, 0.4) is 0 Å². The molecule has 4 rings (SSSR count). The molecule has 0 spiro atoms. The van der Waals surface area contributed by atoms with Gasteiger partial charge in [-0.15, -0.1) is 0 Å². The highest BCUT2D eigenvalue weighted by atomic mass is 16.5. The number of carbonyl (C=O) groups excluding carboxylic acids is 1. The number of rotatable bonds is 3. The highest BCUT2D eigenvalue weighted by molar-refractivity contribution is 5.38. The number of ether oxygens (including phenoxy) is 1. The molecular weight excluding hydrogens is 192 g/mol. The zero-order valence-corrected chi connectivity index (χ0v) is 8.82. The minimum absolute atomic E-state index is 0.119. The summed E-state index contributed by atoms with van der Waals surface area (Å²) in [7, 11) is 0. The SMILES string of the molecule is O=[C]OCC12CC3CC(CC(C3)C1O)C2. The Bertz CT molecular complexity index is 262. The maximum atomic E-state index is 10.3. The van der Waals surface area contributed by atoms with Crippen molar-refractivity contribution in [3.63, 3.8) is 0 Å². The van der Waals surface area contributed by atoms with E-state index in [1.165, 1.54) is 25.7 Å². The minimum atomic E-state index is -0.251. The fourth-order valence-electron chi connectivity index (χ4n) is 4.56. The van der Waals surface area contributed by atoms with E-state index >= 15 is 0 Å². The molecule has 3 nitrogen and oxygen atoms in total. The zero-order chi connectivity index (χ0) is 10.5. The molecule has 0 aromatic rings. The molecule has 0 amide bonds. The van der Waals surface area contributed by atoms with Gasteiger partial charge in [0.05, 0.1) is 6.10 Å². The summed E-state index contributed by atoms with van der Waals surface area (Å²) in [5.74, 6) is 1.99. The van der Waals surface area contributed by atoms with Crippen LogP contribution < -0.4 is 0 Å². The van der Waals surface area contributed by atoms with Crippen LogP contribution in [0, 0.1) is 23.2 Å². The largest absolute Gasteiger partial charge is 0.457 e. The third kappa shape index (κ3) is 1.32. The van der Waals surface area contributed by atoms with Crippen molar-refractivity contribution in [3.05, 3.63) is 0 Å². The lowest BCUT2D eigenvalue weighted by Gasteiger charge is -2.59. The Hall–Kier alpha value is -0.570. The van der Waals surface area contributed by atoms with Gasteiger partial charge in [-0.3, -0.25) is 0 Å². The van der Waals surface area contributed by atoms with Crippen molar-refractivity contribution >= 4 is 6.47 Å². The fourth-order valence-corrected chi connectivity index (χ4v) is 4.56. The van der Waals surface area contributed by atoms with Crippen molar-refractivity contribution in [2.45, 2.75) is 38.2 Å². The maximum Gasteiger partial charge on any atom is 0.417 e. The van der Waals surface area contributed by atoms with E-state index in [0.717, 1.165) is 24.7 Å². The average molecular weight is 209 g/mol. The smallest absolute Gasteiger partial charge is 0.417 e. The van der Waals surface area contributed by atoms with Crippen LogP contribution in [0.1, 0.15) is 32.1 Å². The van der Waals surface area contributed by atoms with Crippen molar-refractivity contribution in [2.24, 2.45) is 23.2 Å². The van der Waals surface area contributed by atoms with Gasteiger partial charge in [0.25, 0.3) is 0 Å². The lowest BCUT2D eigenvalue weighted by Crippen LogP contribution is -2.57. The van der Waals surface area contributed by atoms with Gasteiger partial charge >= 0.3 is 6.47 Å². The standard InChI is InChI=1S/C12H17O3/c13-7-15-6-12-4-8-1-9(5-12)3-10(2-8)11(12)14/h8-11,14H,1-6H2. The first-order valence-electron chi connectivity index (χ1n) is 5.90. The quantitative estimate of drug-likeness (QED) is 0.761. The van der Waals surface area contributed by atoms with Crippen molar-refractivity contribution in [3.8, 4) is 0 Å². The summed E-state index contributed by atoms with van der Waals surface area (Å²) in [6.07, 6.45) is 5.54. The van der Waals surface area contributed by atoms with Crippen molar-refractivity contribution in [1.29, 1.82) is 0 Å². The molecule has 3 unspecified atom stereocenters.